The summed E-state index contributed by atoms with van der Waals surface area (Å²) in [5.41, 5.74) is 12.0. The van der Waals surface area contributed by atoms with Crippen LogP contribution in [0.15, 0.2) is 24.5 Å². The predicted molar refractivity (Wildman–Crippen MR) is 52.6 cm³/mol. The Morgan fingerprint density at radius 2 is 2.33 bits per heavy atom. The third-order valence-electron chi connectivity index (χ3n) is 2.49. The fraction of sp³-hybridized carbons (Fsp3) is 0.333. The Bertz CT molecular complexity index is 356. The number of nitrogens with one attached hydrogen (secondary N) is 2. The number of nitrogens with two attached hydrogens (primary N) is 1. The van der Waals surface area contributed by atoms with Gasteiger partial charge in [-0.2, -0.15) is 0 Å². The van der Waals surface area contributed by atoms with Crippen molar-refractivity contribution in [3.63, 3.8) is 0 Å². The smallest absolute Gasteiger partial charge is 0.322 e. The van der Waals surface area contributed by atoms with Crippen LogP contribution in [0.4, 0.5) is 0 Å². The van der Waals surface area contributed by atoms with E-state index in [1.807, 2.05) is 6.07 Å². The molecule has 2 rings (SSSR count). The minimum absolute atomic E-state index is 0.309. The average Bonchev–Trinajstić information content (AvgIpc) is 2.61. The van der Waals surface area contributed by atoms with Crippen LogP contribution in [0.3, 0.4) is 0 Å². The van der Waals surface area contributed by atoms with Gasteiger partial charge in [-0.05, 0) is 11.6 Å². The van der Waals surface area contributed by atoms with Crippen LogP contribution in [0.25, 0.3) is 0 Å². The molecule has 80 valence electrons. The van der Waals surface area contributed by atoms with Crippen molar-refractivity contribution in [3.05, 3.63) is 30.1 Å². The molecule has 1 aromatic rings. The van der Waals surface area contributed by atoms with Crippen molar-refractivity contribution in [1.82, 2.24) is 15.8 Å². The van der Waals surface area contributed by atoms with E-state index in [0.717, 1.165) is 5.56 Å². The zero-order chi connectivity index (χ0) is 10.8. The van der Waals surface area contributed by atoms with Gasteiger partial charge in [0.05, 0.1) is 6.17 Å². The highest BCUT2D eigenvalue weighted by Crippen LogP contribution is 2.24. The predicted octanol–water partition coefficient (Wildman–Crippen LogP) is -0.989. The second-order valence-electron chi connectivity index (χ2n) is 3.44. The molecule has 0 radical (unpaired) electrons. The molecule has 6 nitrogen and oxygen atoms in total. The summed E-state index contributed by atoms with van der Waals surface area (Å²) in [6.45, 7) is 0. The van der Waals surface area contributed by atoms with E-state index in [9.17, 15) is 4.79 Å². The fourth-order valence-corrected chi connectivity index (χ4v) is 1.76. The third-order valence-corrected chi connectivity index (χ3v) is 2.49. The zero-order valence-electron chi connectivity index (χ0n) is 7.92. The first kappa shape index (κ1) is 10.0. The highest BCUT2D eigenvalue weighted by atomic mass is 16.4. The van der Waals surface area contributed by atoms with Gasteiger partial charge in [-0.1, -0.05) is 6.07 Å². The molecule has 1 aromatic heterocycles. The van der Waals surface area contributed by atoms with Crippen LogP contribution in [0.2, 0.25) is 0 Å². The van der Waals surface area contributed by atoms with E-state index in [1.165, 1.54) is 0 Å². The number of aromatic nitrogens is 1. The molecule has 1 aliphatic heterocycles. The molecule has 3 unspecified atom stereocenters. The van der Waals surface area contributed by atoms with E-state index >= 15 is 0 Å². The van der Waals surface area contributed by atoms with Crippen LogP contribution in [0.1, 0.15) is 11.5 Å². The first-order valence-electron chi connectivity index (χ1n) is 4.59. The maximum atomic E-state index is 11.0. The summed E-state index contributed by atoms with van der Waals surface area (Å²) in [4.78, 5) is 14.9. The second kappa shape index (κ2) is 3.93. The average molecular weight is 208 g/mol. The summed E-state index contributed by atoms with van der Waals surface area (Å²) in [6.07, 6.45) is 2.85. The zero-order valence-corrected chi connectivity index (χ0v) is 7.92. The van der Waals surface area contributed by atoms with Gasteiger partial charge in [0, 0.05) is 18.3 Å². The Hall–Kier alpha value is -1.50. The molecular weight excluding hydrogens is 196 g/mol. The summed E-state index contributed by atoms with van der Waals surface area (Å²) < 4.78 is 0. The molecule has 0 aromatic carbocycles. The van der Waals surface area contributed by atoms with Crippen molar-refractivity contribution in [2.75, 3.05) is 0 Å². The minimum Gasteiger partial charge on any atom is -0.480 e. The topological polar surface area (TPSA) is 100 Å². The van der Waals surface area contributed by atoms with E-state index in [4.69, 9.17) is 10.8 Å². The molecule has 15 heavy (non-hydrogen) atoms. The summed E-state index contributed by atoms with van der Waals surface area (Å²) in [6, 6.07) is 2.87. The molecule has 0 bridgehead atoms. The fourth-order valence-electron chi connectivity index (χ4n) is 1.76. The molecule has 0 saturated carbocycles. The van der Waals surface area contributed by atoms with Gasteiger partial charge < -0.3 is 10.8 Å². The Balaban J connectivity index is 2.29. The van der Waals surface area contributed by atoms with Crippen molar-refractivity contribution in [2.45, 2.75) is 18.1 Å². The molecule has 0 spiro atoms. The van der Waals surface area contributed by atoms with Crippen LogP contribution in [-0.4, -0.2) is 28.3 Å². The Morgan fingerprint density at radius 1 is 1.53 bits per heavy atom. The van der Waals surface area contributed by atoms with E-state index in [2.05, 4.69) is 15.8 Å². The van der Waals surface area contributed by atoms with Crippen molar-refractivity contribution in [2.24, 2.45) is 5.73 Å². The van der Waals surface area contributed by atoms with Gasteiger partial charge >= 0.3 is 5.97 Å². The van der Waals surface area contributed by atoms with Crippen LogP contribution in [0.5, 0.6) is 0 Å². The maximum Gasteiger partial charge on any atom is 0.322 e. The largest absolute Gasteiger partial charge is 0.480 e. The number of pyridine rings is 1. The van der Waals surface area contributed by atoms with Gasteiger partial charge in [0.25, 0.3) is 0 Å². The highest BCUT2D eigenvalue weighted by molar-refractivity contribution is 5.75. The monoisotopic (exact) mass is 208 g/mol. The summed E-state index contributed by atoms with van der Waals surface area (Å²) in [5.74, 6) is -1.24. The molecule has 3 atom stereocenters. The summed E-state index contributed by atoms with van der Waals surface area (Å²) in [7, 11) is 0. The van der Waals surface area contributed by atoms with Gasteiger partial charge in [0.15, 0.2) is 0 Å². The number of hydrogen-bond donors (Lipinski definition) is 4. The number of nitrogens with zero attached hydrogens (tertiary/aromatic N) is 1. The summed E-state index contributed by atoms with van der Waals surface area (Å²) >= 11 is 0. The van der Waals surface area contributed by atoms with Crippen molar-refractivity contribution in [1.29, 1.82) is 0 Å². The number of carboxylic acids is 1. The Morgan fingerprint density at radius 3 is 2.93 bits per heavy atom. The number of carboxylic acid groups (broad SMARTS) is 1. The Kier molecular flexibility index (Phi) is 2.63. The molecule has 1 saturated heterocycles. The SMILES string of the molecule is NC1NNC(C(=O)O)C1c1cccnc1. The lowest BCUT2D eigenvalue weighted by atomic mass is 9.92. The van der Waals surface area contributed by atoms with Gasteiger partial charge in [-0.15, -0.1) is 0 Å². The molecule has 6 heteroatoms. The lowest BCUT2D eigenvalue weighted by Gasteiger charge is -2.17. The van der Waals surface area contributed by atoms with Crippen molar-refractivity contribution in [3.8, 4) is 0 Å². The van der Waals surface area contributed by atoms with E-state index in [1.54, 1.807) is 18.5 Å². The highest BCUT2D eigenvalue weighted by Gasteiger charge is 2.39. The summed E-state index contributed by atoms with van der Waals surface area (Å²) in [5, 5.41) is 8.98. The van der Waals surface area contributed by atoms with Crippen LogP contribution >= 0.6 is 0 Å². The second-order valence-corrected chi connectivity index (χ2v) is 3.44. The van der Waals surface area contributed by atoms with Gasteiger partial charge in [0.1, 0.15) is 6.04 Å². The molecular formula is C9H12N4O2. The minimum atomic E-state index is -0.927. The number of carbonyl (C=O) groups is 1. The molecule has 5 N–H and O–H groups in total. The van der Waals surface area contributed by atoms with Crippen molar-refractivity contribution >= 4 is 5.97 Å². The quantitative estimate of drug-likeness (QED) is 0.498. The van der Waals surface area contributed by atoms with Gasteiger partial charge in [0.2, 0.25) is 0 Å². The van der Waals surface area contributed by atoms with Gasteiger partial charge in [-0.3, -0.25) is 9.78 Å². The van der Waals surface area contributed by atoms with Crippen LogP contribution in [-0.2, 0) is 4.79 Å². The van der Waals surface area contributed by atoms with E-state index < -0.39 is 18.2 Å². The first-order valence-corrected chi connectivity index (χ1v) is 4.59. The van der Waals surface area contributed by atoms with E-state index in [0.29, 0.717) is 0 Å². The molecule has 2 heterocycles. The standard InChI is InChI=1S/C9H12N4O2/c10-8-6(5-2-1-3-11-4-5)7(9(14)15)12-13-8/h1-4,6-8,12-13H,10H2,(H,14,15). The van der Waals surface area contributed by atoms with E-state index in [-0.39, 0.29) is 5.92 Å². The number of aliphatic carboxylic acids is 1. The maximum absolute atomic E-state index is 11.0. The molecule has 0 aliphatic carbocycles. The van der Waals surface area contributed by atoms with Crippen molar-refractivity contribution < 1.29 is 9.90 Å². The number of rotatable bonds is 2. The normalized spacial score (nSPS) is 30.3. The third kappa shape index (κ3) is 1.82. The van der Waals surface area contributed by atoms with Crippen LogP contribution in [0, 0.1) is 0 Å². The molecule has 1 fully saturated rings. The first-order chi connectivity index (χ1) is 7.20. The lowest BCUT2D eigenvalue weighted by Crippen LogP contribution is -2.39. The molecule has 0 amide bonds. The molecule has 1 aliphatic rings. The number of hydrogen-bond acceptors (Lipinski definition) is 5. The van der Waals surface area contributed by atoms with Crippen LogP contribution < -0.4 is 16.6 Å². The lowest BCUT2D eigenvalue weighted by molar-refractivity contribution is -0.139. The number of hydrazine groups is 1. The van der Waals surface area contributed by atoms with Gasteiger partial charge in [-0.25, -0.2) is 10.9 Å². The Labute approximate surface area is 86.5 Å².